The van der Waals surface area contributed by atoms with E-state index < -0.39 is 10.1 Å². The third-order valence-corrected chi connectivity index (χ3v) is 4.36. The molecule has 0 saturated heterocycles. The first-order valence-electron chi connectivity index (χ1n) is 7.81. The number of benzene rings is 1. The van der Waals surface area contributed by atoms with Crippen molar-refractivity contribution in [2.24, 2.45) is 0 Å². The van der Waals surface area contributed by atoms with E-state index in [0.717, 1.165) is 19.3 Å². The number of rotatable bonds is 10. The third-order valence-electron chi connectivity index (χ3n) is 3.45. The normalized spacial score (nSPS) is 10.9. The number of unbranched alkanes of at least 4 members (excludes halogenated alkanes) is 6. The number of nitrogens with one attached hydrogen (secondary N) is 1. The molecule has 23 heavy (non-hydrogen) atoms. The summed E-state index contributed by atoms with van der Waals surface area (Å²) < 4.78 is 31.6. The molecule has 0 spiro atoms. The molecule has 0 aliphatic carbocycles. The molecule has 2 N–H and O–H groups in total. The predicted molar refractivity (Wildman–Crippen MR) is 87.5 cm³/mol. The minimum atomic E-state index is -4.33. The zero-order chi connectivity index (χ0) is 16.4. The Kier molecular flexibility index (Phi) is 11.5. The van der Waals surface area contributed by atoms with Gasteiger partial charge in [-0.05, 0) is 18.6 Å². The van der Waals surface area contributed by atoms with Crippen LogP contribution in [-0.2, 0) is 14.9 Å². The van der Waals surface area contributed by atoms with Crippen LogP contribution < -0.4 is 29.3 Å². The van der Waals surface area contributed by atoms with Gasteiger partial charge in [0.05, 0.1) is 5.69 Å². The maximum Gasteiger partial charge on any atom is 0.296 e. The maximum absolute atomic E-state index is 11.8. The Morgan fingerprint density at radius 2 is 1.61 bits per heavy atom. The molecule has 1 aromatic rings. The lowest BCUT2D eigenvalue weighted by atomic mass is 10.1. The molecular formula is C16H25INO4S-. The molecule has 5 nitrogen and oxygen atoms in total. The van der Waals surface area contributed by atoms with E-state index in [2.05, 4.69) is 12.2 Å². The van der Waals surface area contributed by atoms with Crippen LogP contribution in [0, 0.1) is 0 Å². The van der Waals surface area contributed by atoms with Crippen molar-refractivity contribution in [2.45, 2.75) is 63.2 Å². The number of carbonyl (C=O) groups excluding carboxylic acids is 1. The van der Waals surface area contributed by atoms with Crippen LogP contribution in [-0.4, -0.2) is 18.9 Å². The average Bonchev–Trinajstić information content (AvgIpc) is 2.46. The second-order valence-electron chi connectivity index (χ2n) is 5.39. The van der Waals surface area contributed by atoms with Crippen LogP contribution in [0.1, 0.15) is 58.3 Å². The molecule has 1 aromatic carbocycles. The molecule has 0 aliphatic rings. The Labute approximate surface area is 156 Å². The van der Waals surface area contributed by atoms with Crippen LogP contribution in [0.2, 0.25) is 0 Å². The van der Waals surface area contributed by atoms with Gasteiger partial charge in [0, 0.05) is 6.42 Å². The minimum Gasteiger partial charge on any atom is -1.00 e. The Bertz CT molecular complexity index is 575. The van der Waals surface area contributed by atoms with Gasteiger partial charge in [-0.15, -0.1) is 0 Å². The van der Waals surface area contributed by atoms with E-state index in [1.54, 1.807) is 6.07 Å². The van der Waals surface area contributed by atoms with Gasteiger partial charge in [-0.25, -0.2) is 0 Å². The van der Waals surface area contributed by atoms with Crippen LogP contribution in [0.15, 0.2) is 29.2 Å². The first-order chi connectivity index (χ1) is 10.4. The van der Waals surface area contributed by atoms with E-state index in [-0.39, 0.29) is 40.5 Å². The smallest absolute Gasteiger partial charge is 0.296 e. The summed E-state index contributed by atoms with van der Waals surface area (Å²) in [5.74, 6) is -0.232. The summed E-state index contributed by atoms with van der Waals surface area (Å²) >= 11 is 0. The highest BCUT2D eigenvalue weighted by Crippen LogP contribution is 2.20. The summed E-state index contributed by atoms with van der Waals surface area (Å²) in [7, 11) is -4.33. The van der Waals surface area contributed by atoms with Crippen molar-refractivity contribution in [3.05, 3.63) is 24.3 Å². The summed E-state index contributed by atoms with van der Waals surface area (Å²) in [6.07, 6.45) is 8.17. The van der Waals surface area contributed by atoms with Crippen LogP contribution >= 0.6 is 0 Å². The van der Waals surface area contributed by atoms with E-state index in [9.17, 15) is 13.2 Å². The van der Waals surface area contributed by atoms with Crippen molar-refractivity contribution in [1.29, 1.82) is 0 Å². The van der Waals surface area contributed by atoms with Gasteiger partial charge in [0.25, 0.3) is 10.1 Å². The number of anilines is 1. The van der Waals surface area contributed by atoms with Crippen LogP contribution in [0.3, 0.4) is 0 Å². The molecule has 0 fully saturated rings. The van der Waals surface area contributed by atoms with Crippen molar-refractivity contribution in [3.63, 3.8) is 0 Å². The minimum absolute atomic E-state index is 0. The summed E-state index contributed by atoms with van der Waals surface area (Å²) in [5.41, 5.74) is 0.123. The number of hydrogen-bond acceptors (Lipinski definition) is 3. The van der Waals surface area contributed by atoms with Gasteiger partial charge in [0.15, 0.2) is 0 Å². The highest BCUT2D eigenvalue weighted by atomic mass is 127. The number of halogens is 1. The Morgan fingerprint density at radius 3 is 2.22 bits per heavy atom. The Hall–Kier alpha value is -0.670. The van der Waals surface area contributed by atoms with E-state index in [1.165, 1.54) is 43.9 Å². The van der Waals surface area contributed by atoms with E-state index in [4.69, 9.17) is 4.55 Å². The summed E-state index contributed by atoms with van der Waals surface area (Å²) in [6.45, 7) is 2.18. The van der Waals surface area contributed by atoms with Crippen LogP contribution in [0.4, 0.5) is 5.69 Å². The summed E-state index contributed by atoms with van der Waals surface area (Å²) in [5, 5.41) is 2.55. The highest BCUT2D eigenvalue weighted by molar-refractivity contribution is 7.86. The Balaban J connectivity index is 0.00000484. The SMILES string of the molecule is CCCCCCCCCC(=O)Nc1ccccc1S(=O)(=O)O.[I-]. The molecule has 0 heterocycles. The highest BCUT2D eigenvalue weighted by Gasteiger charge is 2.16. The molecule has 1 amide bonds. The van der Waals surface area contributed by atoms with Gasteiger partial charge in [-0.3, -0.25) is 9.35 Å². The van der Waals surface area contributed by atoms with E-state index in [0.29, 0.717) is 6.42 Å². The number of amides is 1. The van der Waals surface area contributed by atoms with Gasteiger partial charge < -0.3 is 29.3 Å². The van der Waals surface area contributed by atoms with Gasteiger partial charge in [0.1, 0.15) is 4.90 Å². The first kappa shape index (κ1) is 22.3. The molecule has 0 aliphatic heterocycles. The number of para-hydroxylation sites is 1. The largest absolute Gasteiger partial charge is 1.00 e. The standard InChI is InChI=1S/C16H25NO4S.HI/c1-2-3-4-5-6-7-8-13-16(18)17-14-11-9-10-12-15(14)22(19,20)21;/h9-12H,2-8,13H2,1H3,(H,17,18)(H,19,20,21);1H/p-1. The van der Waals surface area contributed by atoms with E-state index >= 15 is 0 Å². The average molecular weight is 454 g/mol. The van der Waals surface area contributed by atoms with E-state index in [1.807, 2.05) is 0 Å². The fourth-order valence-electron chi connectivity index (χ4n) is 2.25. The molecule has 7 heteroatoms. The molecule has 1 rings (SSSR count). The van der Waals surface area contributed by atoms with Crippen molar-refractivity contribution in [1.82, 2.24) is 0 Å². The van der Waals surface area contributed by atoms with Gasteiger partial charge in [-0.1, -0.05) is 57.6 Å². The number of carbonyl (C=O) groups is 1. The molecule has 0 aromatic heterocycles. The molecule has 132 valence electrons. The van der Waals surface area contributed by atoms with Crippen molar-refractivity contribution < 1.29 is 41.7 Å². The zero-order valence-corrected chi connectivity index (χ0v) is 16.4. The summed E-state index contributed by atoms with van der Waals surface area (Å²) in [4.78, 5) is 11.6. The summed E-state index contributed by atoms with van der Waals surface area (Å²) in [6, 6.07) is 5.83. The quantitative estimate of drug-likeness (QED) is 0.314. The first-order valence-corrected chi connectivity index (χ1v) is 9.25. The number of hydrogen-bond donors (Lipinski definition) is 2. The monoisotopic (exact) mass is 454 g/mol. The molecule has 0 atom stereocenters. The lowest BCUT2D eigenvalue weighted by Gasteiger charge is -2.08. The Morgan fingerprint density at radius 1 is 1.04 bits per heavy atom. The maximum atomic E-state index is 11.8. The fourth-order valence-corrected chi connectivity index (χ4v) is 2.90. The lowest BCUT2D eigenvalue weighted by Crippen LogP contribution is -3.00. The third kappa shape index (κ3) is 9.26. The van der Waals surface area contributed by atoms with Crippen LogP contribution in [0.25, 0.3) is 0 Å². The van der Waals surface area contributed by atoms with Gasteiger partial charge in [-0.2, -0.15) is 8.42 Å². The second-order valence-corrected chi connectivity index (χ2v) is 6.78. The molecule has 0 saturated carbocycles. The lowest BCUT2D eigenvalue weighted by molar-refractivity contribution is -0.116. The molecular weight excluding hydrogens is 429 g/mol. The predicted octanol–water partition coefficient (Wildman–Crippen LogP) is 1.02. The van der Waals surface area contributed by atoms with Gasteiger partial charge in [0.2, 0.25) is 5.91 Å². The topological polar surface area (TPSA) is 83.5 Å². The molecule has 0 bridgehead atoms. The second kappa shape index (κ2) is 11.8. The van der Waals surface area contributed by atoms with Gasteiger partial charge >= 0.3 is 0 Å². The fraction of sp³-hybridized carbons (Fsp3) is 0.562. The molecule has 0 radical (unpaired) electrons. The zero-order valence-electron chi connectivity index (χ0n) is 13.4. The van der Waals surface area contributed by atoms with Crippen molar-refractivity contribution in [2.75, 3.05) is 5.32 Å². The molecule has 0 unspecified atom stereocenters. The van der Waals surface area contributed by atoms with Crippen LogP contribution in [0.5, 0.6) is 0 Å². The van der Waals surface area contributed by atoms with Crippen molar-refractivity contribution >= 4 is 21.7 Å². The van der Waals surface area contributed by atoms with Crippen molar-refractivity contribution in [3.8, 4) is 0 Å².